The molecule has 1 N–H and O–H groups in total. The number of nitrogens with one attached hydrogen (secondary N) is 1. The summed E-state index contributed by atoms with van der Waals surface area (Å²) >= 11 is 5.98. The summed E-state index contributed by atoms with van der Waals surface area (Å²) in [4.78, 5) is 12.0. The molecule has 0 aliphatic carbocycles. The molecule has 6 nitrogen and oxygen atoms in total. The van der Waals surface area contributed by atoms with Crippen LogP contribution < -0.4 is 5.32 Å². The summed E-state index contributed by atoms with van der Waals surface area (Å²) in [6.45, 7) is 3.12. The Labute approximate surface area is 145 Å². The number of aryl methyl sites for hydroxylation is 2. The summed E-state index contributed by atoms with van der Waals surface area (Å²) in [6.07, 6.45) is 7.49. The van der Waals surface area contributed by atoms with E-state index in [0.717, 1.165) is 11.1 Å². The number of benzene rings is 1. The molecule has 0 radical (unpaired) electrons. The molecular formula is C17H18ClN5O. The summed E-state index contributed by atoms with van der Waals surface area (Å²) in [6, 6.07) is 7.62. The summed E-state index contributed by atoms with van der Waals surface area (Å²) in [5.74, 6) is -0.0644. The summed E-state index contributed by atoms with van der Waals surface area (Å²) in [5, 5.41) is 12.0. The van der Waals surface area contributed by atoms with Gasteiger partial charge in [0.05, 0.1) is 24.6 Å². The van der Waals surface area contributed by atoms with Gasteiger partial charge >= 0.3 is 0 Å². The molecule has 3 rings (SSSR count). The molecule has 0 unspecified atom stereocenters. The van der Waals surface area contributed by atoms with E-state index in [4.69, 9.17) is 11.6 Å². The van der Waals surface area contributed by atoms with Crippen LogP contribution in [0.4, 0.5) is 5.69 Å². The fourth-order valence-electron chi connectivity index (χ4n) is 2.37. The fourth-order valence-corrected chi connectivity index (χ4v) is 2.58. The van der Waals surface area contributed by atoms with Crippen LogP contribution in [0.2, 0.25) is 5.02 Å². The average molecular weight is 344 g/mol. The number of hydrogen-bond donors (Lipinski definition) is 1. The van der Waals surface area contributed by atoms with Gasteiger partial charge < -0.3 is 5.32 Å². The van der Waals surface area contributed by atoms with E-state index in [-0.39, 0.29) is 5.91 Å². The number of hydrogen-bond acceptors (Lipinski definition) is 3. The van der Waals surface area contributed by atoms with Crippen molar-refractivity contribution in [2.75, 3.05) is 5.32 Å². The number of carbonyl (C=O) groups excluding carboxylic acids is 1. The van der Waals surface area contributed by atoms with Gasteiger partial charge in [-0.1, -0.05) is 23.7 Å². The Morgan fingerprint density at radius 1 is 1.21 bits per heavy atom. The number of aromatic nitrogens is 4. The SMILES string of the molecule is Cc1cnn(CCC(=O)Nc2cnn(Cc3cccc(Cl)c3)c2)c1. The normalized spacial score (nSPS) is 10.8. The number of rotatable bonds is 6. The van der Waals surface area contributed by atoms with Gasteiger partial charge in [-0.3, -0.25) is 14.2 Å². The molecule has 0 aliphatic rings. The minimum atomic E-state index is -0.0644. The van der Waals surface area contributed by atoms with Crippen molar-refractivity contribution in [1.29, 1.82) is 0 Å². The standard InChI is InChI=1S/C17H18ClN5O/c1-13-8-19-22(10-13)6-5-17(24)21-16-9-20-23(12-16)11-14-3-2-4-15(18)7-14/h2-4,7-10,12H,5-6,11H2,1H3,(H,21,24). The number of amides is 1. The van der Waals surface area contributed by atoms with Crippen molar-refractivity contribution < 1.29 is 4.79 Å². The molecule has 7 heteroatoms. The maximum atomic E-state index is 12.0. The third-order valence-electron chi connectivity index (χ3n) is 3.48. The first-order chi connectivity index (χ1) is 11.6. The van der Waals surface area contributed by atoms with Crippen molar-refractivity contribution >= 4 is 23.2 Å². The molecule has 0 bridgehead atoms. The molecule has 0 fully saturated rings. The third-order valence-corrected chi connectivity index (χ3v) is 3.72. The maximum absolute atomic E-state index is 12.0. The zero-order valence-corrected chi connectivity index (χ0v) is 14.1. The van der Waals surface area contributed by atoms with Crippen LogP contribution in [0.1, 0.15) is 17.5 Å². The molecular weight excluding hydrogens is 326 g/mol. The first-order valence-electron chi connectivity index (χ1n) is 7.64. The highest BCUT2D eigenvalue weighted by Crippen LogP contribution is 2.13. The molecule has 1 aromatic carbocycles. The van der Waals surface area contributed by atoms with Crippen molar-refractivity contribution in [3.8, 4) is 0 Å². The molecule has 3 aromatic rings. The van der Waals surface area contributed by atoms with Crippen LogP contribution in [0, 0.1) is 6.92 Å². The van der Waals surface area contributed by atoms with Crippen LogP contribution in [-0.2, 0) is 17.9 Å². The molecule has 0 saturated carbocycles. The van der Waals surface area contributed by atoms with Crippen molar-refractivity contribution in [2.24, 2.45) is 0 Å². The fraction of sp³-hybridized carbons (Fsp3) is 0.235. The average Bonchev–Trinajstić information content (AvgIpc) is 3.14. The van der Waals surface area contributed by atoms with Gasteiger partial charge in [0.25, 0.3) is 0 Å². The van der Waals surface area contributed by atoms with Crippen LogP contribution in [0.15, 0.2) is 49.1 Å². The van der Waals surface area contributed by atoms with E-state index in [1.807, 2.05) is 37.4 Å². The number of anilines is 1. The van der Waals surface area contributed by atoms with Crippen LogP contribution in [-0.4, -0.2) is 25.5 Å². The topological polar surface area (TPSA) is 64.7 Å². The molecule has 24 heavy (non-hydrogen) atoms. The number of nitrogens with zero attached hydrogens (tertiary/aromatic N) is 4. The van der Waals surface area contributed by atoms with Gasteiger partial charge in [-0.15, -0.1) is 0 Å². The van der Waals surface area contributed by atoms with Crippen LogP contribution in [0.3, 0.4) is 0 Å². The van der Waals surface area contributed by atoms with Crippen LogP contribution in [0.5, 0.6) is 0 Å². The van der Waals surface area contributed by atoms with E-state index in [1.54, 1.807) is 28.0 Å². The zero-order chi connectivity index (χ0) is 16.9. The minimum absolute atomic E-state index is 0.0644. The summed E-state index contributed by atoms with van der Waals surface area (Å²) < 4.78 is 3.52. The zero-order valence-electron chi connectivity index (χ0n) is 13.3. The summed E-state index contributed by atoms with van der Waals surface area (Å²) in [7, 11) is 0. The van der Waals surface area contributed by atoms with Gasteiger partial charge in [0.2, 0.25) is 5.91 Å². The summed E-state index contributed by atoms with van der Waals surface area (Å²) in [5.41, 5.74) is 2.81. The first-order valence-corrected chi connectivity index (χ1v) is 8.02. The lowest BCUT2D eigenvalue weighted by molar-refractivity contribution is -0.116. The molecule has 124 valence electrons. The van der Waals surface area contributed by atoms with Crippen molar-refractivity contribution in [3.05, 3.63) is 65.2 Å². The Hall–Kier alpha value is -2.60. The van der Waals surface area contributed by atoms with E-state index < -0.39 is 0 Å². The first kappa shape index (κ1) is 16.3. The molecule has 1 amide bonds. The van der Waals surface area contributed by atoms with Gasteiger partial charge in [-0.2, -0.15) is 10.2 Å². The molecule has 0 atom stereocenters. The molecule has 2 aromatic heterocycles. The Morgan fingerprint density at radius 3 is 2.79 bits per heavy atom. The van der Waals surface area contributed by atoms with Crippen molar-refractivity contribution in [1.82, 2.24) is 19.6 Å². The Morgan fingerprint density at radius 2 is 2.04 bits per heavy atom. The van der Waals surface area contributed by atoms with E-state index in [1.165, 1.54) is 0 Å². The minimum Gasteiger partial charge on any atom is -0.323 e. The molecule has 0 spiro atoms. The van der Waals surface area contributed by atoms with Gasteiger partial charge in [0, 0.05) is 30.4 Å². The lowest BCUT2D eigenvalue weighted by atomic mass is 10.2. The van der Waals surface area contributed by atoms with E-state index >= 15 is 0 Å². The smallest absolute Gasteiger partial charge is 0.226 e. The monoisotopic (exact) mass is 343 g/mol. The van der Waals surface area contributed by atoms with Crippen molar-refractivity contribution in [3.63, 3.8) is 0 Å². The molecule has 2 heterocycles. The predicted molar refractivity (Wildman–Crippen MR) is 93.0 cm³/mol. The lowest BCUT2D eigenvalue weighted by Crippen LogP contribution is -2.14. The quantitative estimate of drug-likeness (QED) is 0.748. The molecule has 0 aliphatic heterocycles. The van der Waals surface area contributed by atoms with Gasteiger partial charge in [-0.25, -0.2) is 0 Å². The predicted octanol–water partition coefficient (Wildman–Crippen LogP) is 3.12. The highest BCUT2D eigenvalue weighted by atomic mass is 35.5. The van der Waals surface area contributed by atoms with Crippen LogP contribution in [0.25, 0.3) is 0 Å². The Bertz CT molecular complexity index is 839. The second kappa shape index (κ2) is 7.31. The Balaban J connectivity index is 1.52. The highest BCUT2D eigenvalue weighted by molar-refractivity contribution is 6.30. The highest BCUT2D eigenvalue weighted by Gasteiger charge is 2.06. The molecule has 0 saturated heterocycles. The van der Waals surface area contributed by atoms with Gasteiger partial charge in [-0.05, 0) is 30.2 Å². The van der Waals surface area contributed by atoms with E-state index in [9.17, 15) is 4.79 Å². The maximum Gasteiger partial charge on any atom is 0.226 e. The van der Waals surface area contributed by atoms with Crippen LogP contribution >= 0.6 is 11.6 Å². The third kappa shape index (κ3) is 4.45. The van der Waals surface area contributed by atoms with E-state index in [0.29, 0.717) is 30.2 Å². The Kier molecular flexibility index (Phi) is 4.96. The van der Waals surface area contributed by atoms with Gasteiger partial charge in [0.15, 0.2) is 0 Å². The van der Waals surface area contributed by atoms with Gasteiger partial charge in [0.1, 0.15) is 0 Å². The largest absolute Gasteiger partial charge is 0.323 e. The number of carbonyl (C=O) groups is 1. The van der Waals surface area contributed by atoms with E-state index in [2.05, 4.69) is 15.5 Å². The second-order valence-corrected chi connectivity index (χ2v) is 6.07. The second-order valence-electron chi connectivity index (χ2n) is 5.64. The lowest BCUT2D eigenvalue weighted by Gasteiger charge is -2.03. The number of halogens is 1. The van der Waals surface area contributed by atoms with Crippen molar-refractivity contribution in [2.45, 2.75) is 26.4 Å².